The highest BCUT2D eigenvalue weighted by Crippen LogP contribution is 2.63. The first kappa shape index (κ1) is 34.3. The van der Waals surface area contributed by atoms with Crippen LogP contribution in [0.4, 0.5) is 17.1 Å². The van der Waals surface area contributed by atoms with E-state index in [2.05, 4.69) is 231 Å². The van der Waals surface area contributed by atoms with Crippen molar-refractivity contribution in [3.05, 3.63) is 253 Å². The fourth-order valence-electron chi connectivity index (χ4n) is 9.34. The molecule has 1 spiro atoms. The molecule has 57 heavy (non-hydrogen) atoms. The molecule has 0 amide bonds. The highest BCUT2D eigenvalue weighted by molar-refractivity contribution is 5.97. The summed E-state index contributed by atoms with van der Waals surface area (Å²) in [7, 11) is 0. The zero-order valence-corrected chi connectivity index (χ0v) is 31.9. The molecule has 0 bridgehead atoms. The van der Waals surface area contributed by atoms with Gasteiger partial charge < -0.3 is 4.90 Å². The van der Waals surface area contributed by atoms with E-state index in [-0.39, 0.29) is 0 Å². The molecule has 1 heteroatoms. The van der Waals surface area contributed by atoms with Gasteiger partial charge in [-0.05, 0) is 127 Å². The van der Waals surface area contributed by atoms with Gasteiger partial charge in [0.2, 0.25) is 0 Å². The molecule has 0 aliphatic heterocycles. The predicted octanol–water partition coefficient (Wildman–Crippen LogP) is 15.0. The smallest absolute Gasteiger partial charge is 0.0725 e. The Bertz CT molecular complexity index is 2860. The largest absolute Gasteiger partial charge is 0.310 e. The zero-order valence-electron chi connectivity index (χ0n) is 31.9. The van der Waals surface area contributed by atoms with E-state index in [1.54, 1.807) is 0 Å². The quantitative estimate of drug-likeness (QED) is 0.141. The highest BCUT2D eigenvalue weighted by atomic mass is 15.1. The van der Waals surface area contributed by atoms with E-state index < -0.39 is 5.41 Å². The van der Waals surface area contributed by atoms with Crippen molar-refractivity contribution in [2.24, 2.45) is 0 Å². The summed E-state index contributed by atoms with van der Waals surface area (Å²) < 4.78 is 0. The number of fused-ring (bicyclic) bond motifs is 10. The van der Waals surface area contributed by atoms with E-state index in [4.69, 9.17) is 0 Å². The molecule has 0 saturated heterocycles. The molecule has 0 N–H and O–H groups in total. The molecule has 1 unspecified atom stereocenters. The third-order valence-electron chi connectivity index (χ3n) is 11.8. The van der Waals surface area contributed by atoms with Crippen LogP contribution < -0.4 is 4.90 Å². The van der Waals surface area contributed by atoms with E-state index in [0.29, 0.717) is 0 Å². The van der Waals surface area contributed by atoms with Crippen LogP contribution in [0.25, 0.3) is 50.1 Å². The Morgan fingerprint density at radius 1 is 0.439 bits per heavy atom. The molecule has 2 aliphatic carbocycles. The van der Waals surface area contributed by atoms with Crippen LogP contribution in [0.2, 0.25) is 0 Å². The maximum atomic E-state index is 4.00. The second-order valence-corrected chi connectivity index (χ2v) is 14.9. The maximum absolute atomic E-state index is 4.00. The lowest BCUT2D eigenvalue weighted by Gasteiger charge is -2.31. The Labute approximate surface area is 335 Å². The van der Waals surface area contributed by atoms with Crippen LogP contribution in [0, 0.1) is 0 Å². The average Bonchev–Trinajstić information content (AvgIpc) is 3.74. The summed E-state index contributed by atoms with van der Waals surface area (Å²) in [5.74, 6) is 0. The number of rotatable bonds is 8. The number of nitrogens with zero attached hydrogens (tertiary/aromatic N) is 1. The van der Waals surface area contributed by atoms with Crippen molar-refractivity contribution < 1.29 is 0 Å². The van der Waals surface area contributed by atoms with Crippen molar-refractivity contribution in [2.75, 3.05) is 4.90 Å². The van der Waals surface area contributed by atoms with Gasteiger partial charge >= 0.3 is 0 Å². The van der Waals surface area contributed by atoms with Gasteiger partial charge in [0, 0.05) is 17.1 Å². The Balaban J connectivity index is 1.19. The SMILES string of the molecule is C=C/C=C(\C=C/C)c1cccc(N(c2ccc(-c3ccccc3)cc2)c2ccc3c(c2)-c2ccccc2C32c3ccccc3-c3ccc(-c4ccccc4)cc32)c1. The molecule has 10 rings (SSSR count). The minimum atomic E-state index is -0.444. The first-order valence-electron chi connectivity index (χ1n) is 19.7. The fraction of sp³-hybridized carbons (Fsp3) is 0.0357. The molecule has 8 aromatic rings. The summed E-state index contributed by atoms with van der Waals surface area (Å²) in [6.45, 7) is 6.06. The van der Waals surface area contributed by atoms with Crippen molar-refractivity contribution in [1.29, 1.82) is 0 Å². The second-order valence-electron chi connectivity index (χ2n) is 14.9. The molecule has 0 fully saturated rings. The fourth-order valence-corrected chi connectivity index (χ4v) is 9.34. The minimum Gasteiger partial charge on any atom is -0.310 e. The molecule has 270 valence electrons. The lowest BCUT2D eigenvalue weighted by atomic mass is 9.70. The van der Waals surface area contributed by atoms with Crippen molar-refractivity contribution in [1.82, 2.24) is 0 Å². The Morgan fingerprint density at radius 3 is 1.67 bits per heavy atom. The van der Waals surface area contributed by atoms with Crippen molar-refractivity contribution >= 4 is 22.6 Å². The van der Waals surface area contributed by atoms with Crippen LogP contribution in [0.3, 0.4) is 0 Å². The van der Waals surface area contributed by atoms with Gasteiger partial charge in [-0.3, -0.25) is 0 Å². The summed E-state index contributed by atoms with van der Waals surface area (Å²) >= 11 is 0. The van der Waals surface area contributed by atoms with E-state index in [1.165, 1.54) is 66.8 Å². The number of benzene rings is 8. The molecule has 0 heterocycles. The lowest BCUT2D eigenvalue weighted by Crippen LogP contribution is -2.26. The van der Waals surface area contributed by atoms with Crippen LogP contribution in [-0.2, 0) is 5.41 Å². The standard InChI is InChI=1S/C56H41N/c1-3-16-39(17-4-2)43-22-15-23-46(36-43)57(45-31-28-42(29-32-45)40-18-7-5-8-19-40)47-33-35-54-51(38-47)49-25-12-14-27-53(49)56(54)52-26-13-11-24-48(52)50-34-30-44(37-55(50)56)41-20-9-6-10-21-41/h3-38H,1H2,2H3/b17-4-,39-16+. The molecule has 2 aliphatic rings. The molecule has 0 saturated carbocycles. The van der Waals surface area contributed by atoms with Gasteiger partial charge in [0.25, 0.3) is 0 Å². The summed E-state index contributed by atoms with van der Waals surface area (Å²) in [5.41, 5.74) is 20.4. The summed E-state index contributed by atoms with van der Waals surface area (Å²) in [5, 5.41) is 0. The lowest BCUT2D eigenvalue weighted by molar-refractivity contribution is 0.794. The van der Waals surface area contributed by atoms with Crippen LogP contribution >= 0.6 is 0 Å². The second kappa shape index (κ2) is 14.1. The van der Waals surface area contributed by atoms with Gasteiger partial charge in [-0.25, -0.2) is 0 Å². The van der Waals surface area contributed by atoms with Crippen LogP contribution in [0.1, 0.15) is 34.7 Å². The van der Waals surface area contributed by atoms with Crippen LogP contribution in [-0.4, -0.2) is 0 Å². The molecule has 1 nitrogen and oxygen atoms in total. The van der Waals surface area contributed by atoms with Gasteiger partial charge in [-0.1, -0.05) is 183 Å². The summed E-state index contributed by atoms with van der Waals surface area (Å²) in [4.78, 5) is 2.40. The van der Waals surface area contributed by atoms with E-state index >= 15 is 0 Å². The highest BCUT2D eigenvalue weighted by Gasteiger charge is 2.51. The number of anilines is 3. The Kier molecular flexibility index (Phi) is 8.50. The number of hydrogen-bond donors (Lipinski definition) is 0. The van der Waals surface area contributed by atoms with Crippen LogP contribution in [0.15, 0.2) is 225 Å². The first-order valence-corrected chi connectivity index (χ1v) is 19.7. The third-order valence-corrected chi connectivity index (χ3v) is 11.8. The molecular formula is C56H41N. The number of hydrogen-bond acceptors (Lipinski definition) is 1. The monoisotopic (exact) mass is 727 g/mol. The summed E-state index contributed by atoms with van der Waals surface area (Å²) in [6, 6.07) is 71.5. The van der Waals surface area contributed by atoms with Gasteiger partial charge in [0.05, 0.1) is 5.41 Å². The van der Waals surface area contributed by atoms with Gasteiger partial charge in [0.15, 0.2) is 0 Å². The topological polar surface area (TPSA) is 3.24 Å². The minimum absolute atomic E-state index is 0.444. The molecule has 8 aromatic carbocycles. The predicted molar refractivity (Wildman–Crippen MR) is 241 cm³/mol. The third kappa shape index (κ3) is 5.54. The number of allylic oxidation sites excluding steroid dienone is 5. The molecule has 0 radical (unpaired) electrons. The normalized spacial score (nSPS) is 14.9. The van der Waals surface area contributed by atoms with Crippen molar-refractivity contribution in [2.45, 2.75) is 12.3 Å². The maximum Gasteiger partial charge on any atom is 0.0725 e. The Hall–Kier alpha value is -7.22. The molecular weight excluding hydrogens is 687 g/mol. The van der Waals surface area contributed by atoms with Gasteiger partial charge in [-0.2, -0.15) is 0 Å². The van der Waals surface area contributed by atoms with Crippen molar-refractivity contribution in [3.63, 3.8) is 0 Å². The van der Waals surface area contributed by atoms with E-state index in [0.717, 1.165) is 28.2 Å². The van der Waals surface area contributed by atoms with Crippen LogP contribution in [0.5, 0.6) is 0 Å². The summed E-state index contributed by atoms with van der Waals surface area (Å²) in [6.07, 6.45) is 8.16. The average molecular weight is 728 g/mol. The van der Waals surface area contributed by atoms with Crippen molar-refractivity contribution in [3.8, 4) is 44.5 Å². The zero-order chi connectivity index (χ0) is 38.3. The van der Waals surface area contributed by atoms with E-state index in [1.807, 2.05) is 6.08 Å². The first-order chi connectivity index (χ1) is 28.2. The van der Waals surface area contributed by atoms with Gasteiger partial charge in [-0.15, -0.1) is 0 Å². The van der Waals surface area contributed by atoms with Gasteiger partial charge in [0.1, 0.15) is 0 Å². The molecule has 1 atom stereocenters. The van der Waals surface area contributed by atoms with E-state index in [9.17, 15) is 0 Å². The molecule has 0 aromatic heterocycles. The Morgan fingerprint density at radius 2 is 0.982 bits per heavy atom.